The molecule has 0 saturated carbocycles. The summed E-state index contributed by atoms with van der Waals surface area (Å²) in [5.74, 6) is 6.14. The molecule has 0 bridgehead atoms. The van der Waals surface area contributed by atoms with Crippen LogP contribution < -0.4 is 11.1 Å². The fourth-order valence-corrected chi connectivity index (χ4v) is 1.60. The molecule has 2 aromatic rings. The van der Waals surface area contributed by atoms with Crippen molar-refractivity contribution in [3.05, 3.63) is 60.2 Å². The Bertz CT molecular complexity index is 550. The minimum absolute atomic E-state index is 0.606. The molecule has 0 aromatic heterocycles. The van der Waals surface area contributed by atoms with Gasteiger partial charge in [0.15, 0.2) is 0 Å². The molecular weight excluding hydrogens is 220 g/mol. The van der Waals surface area contributed by atoms with Crippen molar-refractivity contribution in [1.29, 1.82) is 0 Å². The highest BCUT2D eigenvalue weighted by atomic mass is 14.9. The minimum atomic E-state index is 0.606. The highest BCUT2D eigenvalue weighted by Gasteiger charge is 1.94. The van der Waals surface area contributed by atoms with Crippen LogP contribution in [-0.4, -0.2) is 6.54 Å². The van der Waals surface area contributed by atoms with E-state index in [2.05, 4.69) is 17.2 Å². The van der Waals surface area contributed by atoms with E-state index >= 15 is 0 Å². The molecule has 0 spiro atoms. The summed E-state index contributed by atoms with van der Waals surface area (Å²) in [4.78, 5) is 0. The average Bonchev–Trinajstić information content (AvgIpc) is 2.41. The number of anilines is 2. The molecule has 0 radical (unpaired) electrons. The van der Waals surface area contributed by atoms with Crippen molar-refractivity contribution in [3.8, 4) is 11.8 Å². The lowest BCUT2D eigenvalue weighted by molar-refractivity contribution is 1.03. The Balaban J connectivity index is 2.11. The number of benzene rings is 2. The zero-order valence-corrected chi connectivity index (χ0v) is 10.2. The lowest BCUT2D eigenvalue weighted by Gasteiger charge is -2.06. The molecule has 0 aliphatic heterocycles. The average molecular weight is 236 g/mol. The van der Waals surface area contributed by atoms with E-state index in [0.717, 1.165) is 23.4 Å². The van der Waals surface area contributed by atoms with Gasteiger partial charge in [-0.3, -0.25) is 0 Å². The Morgan fingerprint density at radius 3 is 2.50 bits per heavy atom. The number of hydrogen-bond acceptors (Lipinski definition) is 2. The molecule has 0 unspecified atom stereocenters. The fraction of sp³-hybridized carbons (Fsp3) is 0.125. The predicted molar refractivity (Wildman–Crippen MR) is 76.7 cm³/mol. The van der Waals surface area contributed by atoms with Crippen molar-refractivity contribution in [2.24, 2.45) is 5.73 Å². The van der Waals surface area contributed by atoms with Gasteiger partial charge in [-0.05, 0) is 30.3 Å². The van der Waals surface area contributed by atoms with Crippen LogP contribution in [0, 0.1) is 11.8 Å². The zero-order chi connectivity index (χ0) is 12.6. The molecule has 18 heavy (non-hydrogen) atoms. The highest BCUT2D eigenvalue weighted by Crippen LogP contribution is 2.16. The van der Waals surface area contributed by atoms with Gasteiger partial charge in [-0.1, -0.05) is 36.1 Å². The Morgan fingerprint density at radius 2 is 1.72 bits per heavy atom. The number of nitrogens with two attached hydrogens (primary N) is 1. The maximum Gasteiger partial charge on any atom is 0.0396 e. The standard InChI is InChI=1S/C16H16N2/c17-12-5-4-7-14-8-6-11-16(13-14)18-15-9-2-1-3-10-15/h1-3,6,8-11,13,18H,5,12,17H2. The maximum atomic E-state index is 5.41. The molecule has 90 valence electrons. The van der Waals surface area contributed by atoms with Gasteiger partial charge in [-0.2, -0.15) is 0 Å². The van der Waals surface area contributed by atoms with Crippen molar-refractivity contribution in [2.45, 2.75) is 6.42 Å². The van der Waals surface area contributed by atoms with Crippen molar-refractivity contribution < 1.29 is 0 Å². The van der Waals surface area contributed by atoms with Crippen LogP contribution in [0.1, 0.15) is 12.0 Å². The monoisotopic (exact) mass is 236 g/mol. The number of rotatable bonds is 3. The van der Waals surface area contributed by atoms with Gasteiger partial charge < -0.3 is 11.1 Å². The topological polar surface area (TPSA) is 38.0 Å². The first-order valence-corrected chi connectivity index (χ1v) is 5.99. The number of nitrogens with one attached hydrogen (secondary N) is 1. The van der Waals surface area contributed by atoms with Gasteiger partial charge in [-0.15, -0.1) is 0 Å². The molecule has 3 N–H and O–H groups in total. The van der Waals surface area contributed by atoms with E-state index < -0.39 is 0 Å². The zero-order valence-electron chi connectivity index (χ0n) is 10.2. The lowest BCUT2D eigenvalue weighted by atomic mass is 10.2. The Morgan fingerprint density at radius 1 is 0.944 bits per heavy atom. The van der Waals surface area contributed by atoms with E-state index in [4.69, 9.17) is 5.73 Å². The van der Waals surface area contributed by atoms with Gasteiger partial charge in [-0.25, -0.2) is 0 Å². The molecule has 0 aliphatic carbocycles. The number of para-hydroxylation sites is 1. The van der Waals surface area contributed by atoms with E-state index in [1.165, 1.54) is 0 Å². The van der Waals surface area contributed by atoms with Gasteiger partial charge in [0, 0.05) is 29.9 Å². The Kier molecular flexibility index (Phi) is 4.40. The lowest BCUT2D eigenvalue weighted by Crippen LogP contribution is -1.95. The summed E-state index contributed by atoms with van der Waals surface area (Å²) in [6.45, 7) is 0.606. The summed E-state index contributed by atoms with van der Waals surface area (Å²) in [5, 5.41) is 3.34. The third-order valence-electron chi connectivity index (χ3n) is 2.43. The van der Waals surface area contributed by atoms with E-state index in [1.807, 2.05) is 54.6 Å². The molecule has 2 aromatic carbocycles. The molecule has 0 saturated heterocycles. The SMILES string of the molecule is NCCC#Cc1cccc(Nc2ccccc2)c1. The Labute approximate surface area is 108 Å². The fourth-order valence-electron chi connectivity index (χ4n) is 1.60. The van der Waals surface area contributed by atoms with Gasteiger partial charge in [0.2, 0.25) is 0 Å². The normalized spacial score (nSPS) is 9.39. The smallest absolute Gasteiger partial charge is 0.0396 e. The summed E-state index contributed by atoms with van der Waals surface area (Å²) >= 11 is 0. The molecule has 0 aliphatic rings. The van der Waals surface area contributed by atoms with E-state index in [9.17, 15) is 0 Å². The van der Waals surface area contributed by atoms with Gasteiger partial charge in [0.25, 0.3) is 0 Å². The first kappa shape index (κ1) is 12.2. The van der Waals surface area contributed by atoms with Crippen LogP contribution >= 0.6 is 0 Å². The van der Waals surface area contributed by atoms with Crippen LogP contribution in [-0.2, 0) is 0 Å². The first-order valence-electron chi connectivity index (χ1n) is 5.99. The van der Waals surface area contributed by atoms with Gasteiger partial charge in [0.1, 0.15) is 0 Å². The van der Waals surface area contributed by atoms with Crippen LogP contribution in [0.4, 0.5) is 11.4 Å². The largest absolute Gasteiger partial charge is 0.355 e. The van der Waals surface area contributed by atoms with Gasteiger partial charge in [0.05, 0.1) is 0 Å². The molecular formula is C16H16N2. The third kappa shape index (κ3) is 3.65. The maximum absolute atomic E-state index is 5.41. The van der Waals surface area contributed by atoms with Crippen molar-refractivity contribution in [3.63, 3.8) is 0 Å². The summed E-state index contributed by atoms with van der Waals surface area (Å²) in [6, 6.07) is 18.1. The second kappa shape index (κ2) is 6.48. The van der Waals surface area contributed by atoms with E-state index in [-0.39, 0.29) is 0 Å². The Hall–Kier alpha value is -2.24. The predicted octanol–water partition coefficient (Wildman–Crippen LogP) is 3.13. The molecule has 2 nitrogen and oxygen atoms in total. The summed E-state index contributed by atoms with van der Waals surface area (Å²) in [7, 11) is 0. The summed E-state index contributed by atoms with van der Waals surface area (Å²) in [5.41, 5.74) is 8.53. The molecule has 0 atom stereocenters. The van der Waals surface area contributed by atoms with Crippen molar-refractivity contribution in [1.82, 2.24) is 0 Å². The number of hydrogen-bond donors (Lipinski definition) is 2. The van der Waals surface area contributed by atoms with Gasteiger partial charge >= 0.3 is 0 Å². The van der Waals surface area contributed by atoms with Crippen LogP contribution in [0.3, 0.4) is 0 Å². The second-order valence-electron chi connectivity index (χ2n) is 3.91. The van der Waals surface area contributed by atoms with E-state index in [1.54, 1.807) is 0 Å². The summed E-state index contributed by atoms with van der Waals surface area (Å²) in [6.07, 6.45) is 0.732. The molecule has 2 rings (SSSR count). The van der Waals surface area contributed by atoms with E-state index in [0.29, 0.717) is 6.54 Å². The van der Waals surface area contributed by atoms with Crippen LogP contribution in [0.15, 0.2) is 54.6 Å². The summed E-state index contributed by atoms with van der Waals surface area (Å²) < 4.78 is 0. The molecule has 0 amide bonds. The quantitative estimate of drug-likeness (QED) is 0.803. The second-order valence-corrected chi connectivity index (χ2v) is 3.91. The van der Waals surface area contributed by atoms with Crippen LogP contribution in [0.2, 0.25) is 0 Å². The molecule has 2 heteroatoms. The van der Waals surface area contributed by atoms with Crippen molar-refractivity contribution >= 4 is 11.4 Å². The first-order chi connectivity index (χ1) is 8.88. The third-order valence-corrected chi connectivity index (χ3v) is 2.43. The molecule has 0 fully saturated rings. The van der Waals surface area contributed by atoms with Crippen LogP contribution in [0.25, 0.3) is 0 Å². The molecule has 0 heterocycles. The highest BCUT2D eigenvalue weighted by molar-refractivity contribution is 5.61. The minimum Gasteiger partial charge on any atom is -0.355 e. The van der Waals surface area contributed by atoms with Crippen molar-refractivity contribution in [2.75, 3.05) is 11.9 Å². The van der Waals surface area contributed by atoms with Crippen LogP contribution in [0.5, 0.6) is 0 Å².